The van der Waals surface area contributed by atoms with Crippen molar-refractivity contribution in [2.45, 2.75) is 64.3 Å². The highest BCUT2D eigenvalue weighted by molar-refractivity contribution is 6.23. The summed E-state index contributed by atoms with van der Waals surface area (Å²) in [4.78, 5) is 44.7. The molecule has 0 spiro atoms. The summed E-state index contributed by atoms with van der Waals surface area (Å²) in [5, 5.41) is 0. The van der Waals surface area contributed by atoms with Crippen LogP contribution in [0.15, 0.2) is 42.5 Å². The minimum Gasteiger partial charge on any atom is -0.493 e. The molecule has 2 aromatic carbocycles. The number of amides is 3. The number of methoxy groups -OCH3 is 2. The summed E-state index contributed by atoms with van der Waals surface area (Å²) < 4.78 is 10.9. The first-order chi connectivity index (χ1) is 18.8. The Bertz CT molecular complexity index is 1250. The van der Waals surface area contributed by atoms with E-state index in [4.69, 9.17) is 9.47 Å². The number of hydrogen-bond donors (Lipinski definition) is 0. The van der Waals surface area contributed by atoms with Gasteiger partial charge >= 0.3 is 0 Å². The first-order valence-electron chi connectivity index (χ1n) is 14.3. The highest BCUT2D eigenvalue weighted by Crippen LogP contribution is 2.60. The van der Waals surface area contributed by atoms with Crippen molar-refractivity contribution in [3.63, 3.8) is 0 Å². The first kappa shape index (κ1) is 25.9. The Hall–Kier alpha value is -3.35. The zero-order valence-electron chi connectivity index (χ0n) is 23.2. The summed E-state index contributed by atoms with van der Waals surface area (Å²) in [6, 6.07) is 12.4. The number of imide groups is 1. The maximum absolute atomic E-state index is 14.6. The van der Waals surface area contributed by atoms with E-state index in [1.165, 1.54) is 24.2 Å². The van der Waals surface area contributed by atoms with Gasteiger partial charge in [0.25, 0.3) is 5.91 Å². The molecule has 4 aliphatic carbocycles. The second kappa shape index (κ2) is 10.00. The molecule has 1 saturated heterocycles. The third-order valence-electron chi connectivity index (χ3n) is 9.63. The first-order valence-corrected chi connectivity index (χ1v) is 14.3. The van der Waals surface area contributed by atoms with Crippen molar-refractivity contribution in [3.8, 4) is 11.5 Å². The molecule has 7 heteroatoms. The molecule has 7 nitrogen and oxygen atoms in total. The predicted molar refractivity (Wildman–Crippen MR) is 148 cm³/mol. The number of carbonyl (C=O) groups excluding carboxylic acids is 3. The quantitative estimate of drug-likeness (QED) is 0.453. The van der Waals surface area contributed by atoms with Gasteiger partial charge in [0.2, 0.25) is 11.8 Å². The van der Waals surface area contributed by atoms with Crippen LogP contribution in [0.5, 0.6) is 11.5 Å². The van der Waals surface area contributed by atoms with Crippen LogP contribution >= 0.6 is 0 Å². The highest BCUT2D eigenvalue weighted by atomic mass is 16.5. The number of anilines is 1. The molecule has 4 saturated carbocycles. The van der Waals surface area contributed by atoms with Gasteiger partial charge in [-0.15, -0.1) is 0 Å². The average molecular weight is 531 g/mol. The predicted octanol–water partition coefficient (Wildman–Crippen LogP) is 4.93. The molecule has 5 fully saturated rings. The fourth-order valence-electron chi connectivity index (χ4n) is 8.19. The molecule has 7 rings (SSSR count). The molecule has 0 aromatic heterocycles. The van der Waals surface area contributed by atoms with Gasteiger partial charge in [-0.05, 0) is 99.5 Å². The van der Waals surface area contributed by atoms with Crippen LogP contribution in [-0.4, -0.2) is 49.4 Å². The van der Waals surface area contributed by atoms with E-state index in [-0.39, 0.29) is 24.1 Å². The van der Waals surface area contributed by atoms with Crippen LogP contribution in [0.25, 0.3) is 0 Å². The fraction of sp³-hybridized carbons (Fsp3) is 0.531. The van der Waals surface area contributed by atoms with Gasteiger partial charge in [-0.2, -0.15) is 0 Å². The van der Waals surface area contributed by atoms with Gasteiger partial charge in [0.15, 0.2) is 11.5 Å². The molecule has 0 radical (unpaired) electrons. The molecule has 5 aliphatic rings. The van der Waals surface area contributed by atoms with E-state index >= 15 is 0 Å². The van der Waals surface area contributed by atoms with Gasteiger partial charge in [-0.3, -0.25) is 14.4 Å². The van der Waals surface area contributed by atoms with Crippen molar-refractivity contribution in [1.29, 1.82) is 0 Å². The van der Waals surface area contributed by atoms with E-state index < -0.39 is 11.5 Å². The number of hydrogen-bond acceptors (Lipinski definition) is 5. The van der Waals surface area contributed by atoms with Crippen molar-refractivity contribution < 1.29 is 23.9 Å². The minimum atomic E-state index is -0.778. The third-order valence-corrected chi connectivity index (χ3v) is 9.63. The Balaban J connectivity index is 1.30. The highest BCUT2D eigenvalue weighted by Gasteiger charge is 2.57. The summed E-state index contributed by atoms with van der Waals surface area (Å²) in [7, 11) is 3.21. The molecular weight excluding hydrogens is 492 g/mol. The van der Waals surface area contributed by atoms with Gasteiger partial charge in [0.1, 0.15) is 6.04 Å². The Morgan fingerprint density at radius 3 is 2.13 bits per heavy atom. The normalized spacial score (nSPS) is 29.2. The van der Waals surface area contributed by atoms with Gasteiger partial charge in [-0.25, -0.2) is 4.90 Å². The Labute approximate surface area is 230 Å². The van der Waals surface area contributed by atoms with Crippen LogP contribution in [0.3, 0.4) is 0 Å². The van der Waals surface area contributed by atoms with Gasteiger partial charge in [-0.1, -0.05) is 23.8 Å². The molecule has 1 aliphatic heterocycles. The topological polar surface area (TPSA) is 76.2 Å². The summed E-state index contributed by atoms with van der Waals surface area (Å²) >= 11 is 0. The van der Waals surface area contributed by atoms with Crippen LogP contribution in [0.4, 0.5) is 5.69 Å². The second-order valence-electron chi connectivity index (χ2n) is 12.3. The number of rotatable bonds is 8. The van der Waals surface area contributed by atoms with Crippen molar-refractivity contribution in [2.24, 2.45) is 23.2 Å². The molecule has 3 amide bonds. The summed E-state index contributed by atoms with van der Waals surface area (Å²) in [6.45, 7) is 2.35. The molecule has 1 heterocycles. The van der Waals surface area contributed by atoms with Crippen molar-refractivity contribution >= 4 is 23.4 Å². The average Bonchev–Trinajstić information content (AvgIpc) is 3.21. The maximum atomic E-state index is 14.6. The van der Waals surface area contributed by atoms with E-state index in [9.17, 15) is 14.4 Å². The molecule has 206 valence electrons. The van der Waals surface area contributed by atoms with Crippen LogP contribution in [0, 0.1) is 30.1 Å². The lowest BCUT2D eigenvalue weighted by molar-refractivity contribution is -0.161. The Morgan fingerprint density at radius 2 is 1.54 bits per heavy atom. The Morgan fingerprint density at radius 1 is 0.923 bits per heavy atom. The summed E-state index contributed by atoms with van der Waals surface area (Å²) in [5.41, 5.74) is 2.22. The van der Waals surface area contributed by atoms with E-state index in [2.05, 4.69) is 0 Å². The molecule has 39 heavy (non-hydrogen) atoms. The monoisotopic (exact) mass is 530 g/mol. The third kappa shape index (κ3) is 4.60. The molecular formula is C32H38N2O5. The number of nitrogens with zero attached hydrogens (tertiary/aromatic N) is 2. The second-order valence-corrected chi connectivity index (χ2v) is 12.3. The Kier molecular flexibility index (Phi) is 6.64. The molecule has 4 bridgehead atoms. The molecule has 0 N–H and O–H groups in total. The molecule has 1 unspecified atom stereocenters. The summed E-state index contributed by atoms with van der Waals surface area (Å²) in [6.07, 6.45) is 7.04. The standard InChI is InChI=1S/C32H38N2O5/c1-20-4-7-25(8-5-20)34-29(35)16-26(30(34)36)33(11-10-21-6-9-27(38-2)28(15-21)39-3)31(37)32-17-22-12-23(18-32)14-24(13-22)19-32/h4-9,15,22-24,26H,10-14,16-19H2,1-3H3. The maximum Gasteiger partial charge on any atom is 0.257 e. The molecule has 1 atom stereocenters. The zero-order chi connectivity index (χ0) is 27.3. The lowest BCUT2D eigenvalue weighted by Gasteiger charge is -2.57. The lowest BCUT2D eigenvalue weighted by atomic mass is 9.49. The number of carbonyl (C=O) groups is 3. The van der Waals surface area contributed by atoms with Crippen LogP contribution in [-0.2, 0) is 20.8 Å². The van der Waals surface area contributed by atoms with Gasteiger partial charge in [0.05, 0.1) is 31.7 Å². The van der Waals surface area contributed by atoms with Crippen molar-refractivity contribution in [1.82, 2.24) is 4.90 Å². The minimum absolute atomic E-state index is 0.0246. The van der Waals surface area contributed by atoms with Gasteiger partial charge in [0, 0.05) is 6.54 Å². The van der Waals surface area contributed by atoms with E-state index in [0.29, 0.717) is 47.9 Å². The number of benzene rings is 2. The van der Waals surface area contributed by atoms with Crippen LogP contribution in [0.2, 0.25) is 0 Å². The molecule has 2 aromatic rings. The SMILES string of the molecule is COc1ccc(CCN(C(=O)C23CC4CC(CC(C4)C2)C3)C2CC(=O)N(c3ccc(C)cc3)C2=O)cc1OC. The number of ether oxygens (including phenoxy) is 2. The summed E-state index contributed by atoms with van der Waals surface area (Å²) in [5.74, 6) is 2.64. The van der Waals surface area contributed by atoms with Crippen molar-refractivity contribution in [2.75, 3.05) is 25.7 Å². The smallest absolute Gasteiger partial charge is 0.257 e. The fourth-order valence-corrected chi connectivity index (χ4v) is 8.19. The van der Waals surface area contributed by atoms with Crippen LogP contribution < -0.4 is 14.4 Å². The van der Waals surface area contributed by atoms with E-state index in [1.54, 1.807) is 19.1 Å². The van der Waals surface area contributed by atoms with E-state index in [0.717, 1.165) is 30.4 Å². The number of aryl methyl sites for hydroxylation is 1. The van der Waals surface area contributed by atoms with Gasteiger partial charge < -0.3 is 14.4 Å². The van der Waals surface area contributed by atoms with E-state index in [1.807, 2.05) is 49.4 Å². The largest absolute Gasteiger partial charge is 0.493 e. The lowest BCUT2D eigenvalue weighted by Crippen LogP contribution is -2.58. The zero-order valence-corrected chi connectivity index (χ0v) is 23.2. The van der Waals surface area contributed by atoms with Crippen LogP contribution in [0.1, 0.15) is 56.1 Å². The van der Waals surface area contributed by atoms with Crippen molar-refractivity contribution in [3.05, 3.63) is 53.6 Å².